The predicted molar refractivity (Wildman–Crippen MR) is 87.4 cm³/mol. The third-order valence-electron chi connectivity index (χ3n) is 2.92. The molecule has 1 aromatic carbocycles. The number of nitrogens with zero attached hydrogens (tertiary/aromatic N) is 2. The first-order valence-electron chi connectivity index (χ1n) is 7.01. The minimum Gasteiger partial charge on any atom is -0.273 e. The number of carbonyl (C=O) groups is 1. The summed E-state index contributed by atoms with van der Waals surface area (Å²) in [6, 6.07) is 9.95. The molecule has 0 saturated carbocycles. The monoisotopic (exact) mass is 301 g/mol. The Morgan fingerprint density at radius 1 is 1.33 bits per heavy atom. The number of rotatable bonds is 6. The Morgan fingerprint density at radius 3 is 2.81 bits per heavy atom. The van der Waals surface area contributed by atoms with E-state index in [1.807, 2.05) is 42.6 Å². The summed E-state index contributed by atoms with van der Waals surface area (Å²) in [6.45, 7) is 4.00. The number of aromatic nitrogens is 1. The molecule has 0 spiro atoms. The molecule has 0 atom stereocenters. The van der Waals surface area contributed by atoms with Crippen LogP contribution < -0.4 is 5.43 Å². The Kier molecular flexibility index (Phi) is 5.63. The van der Waals surface area contributed by atoms with Crippen LogP contribution in [0.4, 0.5) is 0 Å². The second-order valence-electron chi connectivity index (χ2n) is 4.80. The molecular weight excluding hydrogens is 282 g/mol. The number of hydrazone groups is 1. The fourth-order valence-electron chi connectivity index (χ4n) is 1.89. The maximum Gasteiger partial charge on any atom is 0.246 e. The SMILES string of the molecule is CCC/C(C)=N\NC(=O)Cc1nc(-c2ccccc2)cs1. The zero-order valence-electron chi connectivity index (χ0n) is 12.3. The molecule has 2 aromatic rings. The maximum atomic E-state index is 11.8. The van der Waals surface area contributed by atoms with E-state index in [1.54, 1.807) is 0 Å². The average molecular weight is 301 g/mol. The highest BCUT2D eigenvalue weighted by molar-refractivity contribution is 7.10. The molecular formula is C16H19N3OS. The third kappa shape index (κ3) is 4.79. The molecule has 0 aliphatic heterocycles. The molecule has 0 bridgehead atoms. The molecule has 110 valence electrons. The fraction of sp³-hybridized carbons (Fsp3) is 0.312. The van der Waals surface area contributed by atoms with E-state index in [9.17, 15) is 4.79 Å². The van der Waals surface area contributed by atoms with E-state index in [-0.39, 0.29) is 12.3 Å². The van der Waals surface area contributed by atoms with E-state index in [0.717, 1.165) is 34.8 Å². The van der Waals surface area contributed by atoms with Gasteiger partial charge in [0, 0.05) is 16.7 Å². The van der Waals surface area contributed by atoms with Crippen LogP contribution in [0.15, 0.2) is 40.8 Å². The Balaban J connectivity index is 1.94. The van der Waals surface area contributed by atoms with Gasteiger partial charge in [-0.2, -0.15) is 5.10 Å². The van der Waals surface area contributed by atoms with Crippen molar-refractivity contribution in [3.63, 3.8) is 0 Å². The number of nitrogens with one attached hydrogen (secondary N) is 1. The molecule has 0 fully saturated rings. The minimum atomic E-state index is -0.126. The van der Waals surface area contributed by atoms with Gasteiger partial charge in [0.2, 0.25) is 5.91 Å². The summed E-state index contributed by atoms with van der Waals surface area (Å²) >= 11 is 1.50. The number of benzene rings is 1. The molecule has 0 aliphatic carbocycles. The van der Waals surface area contributed by atoms with Crippen molar-refractivity contribution in [2.75, 3.05) is 0 Å². The first-order valence-corrected chi connectivity index (χ1v) is 7.89. The summed E-state index contributed by atoms with van der Waals surface area (Å²) < 4.78 is 0. The Morgan fingerprint density at radius 2 is 2.10 bits per heavy atom. The largest absolute Gasteiger partial charge is 0.273 e. The summed E-state index contributed by atoms with van der Waals surface area (Å²) in [5, 5.41) is 6.85. The average Bonchev–Trinajstić information content (AvgIpc) is 2.95. The van der Waals surface area contributed by atoms with E-state index in [1.165, 1.54) is 11.3 Å². The Hall–Kier alpha value is -2.01. The van der Waals surface area contributed by atoms with Crippen LogP contribution in [-0.4, -0.2) is 16.6 Å². The lowest BCUT2D eigenvalue weighted by molar-refractivity contribution is -0.120. The quantitative estimate of drug-likeness (QED) is 0.654. The van der Waals surface area contributed by atoms with E-state index in [4.69, 9.17) is 0 Å². The van der Waals surface area contributed by atoms with Crippen molar-refractivity contribution in [1.29, 1.82) is 0 Å². The standard InChI is InChI=1S/C16H19N3OS/c1-3-7-12(2)18-19-15(20)10-16-17-14(11-21-16)13-8-5-4-6-9-13/h4-6,8-9,11H,3,7,10H2,1-2H3,(H,19,20)/b18-12-. The van der Waals surface area contributed by atoms with E-state index >= 15 is 0 Å². The van der Waals surface area contributed by atoms with Crippen molar-refractivity contribution in [2.24, 2.45) is 5.10 Å². The van der Waals surface area contributed by atoms with Gasteiger partial charge >= 0.3 is 0 Å². The summed E-state index contributed by atoms with van der Waals surface area (Å²) in [6.07, 6.45) is 2.19. The second kappa shape index (κ2) is 7.69. The molecule has 0 saturated heterocycles. The molecule has 1 heterocycles. The fourth-order valence-corrected chi connectivity index (χ4v) is 2.69. The molecule has 1 aromatic heterocycles. The molecule has 1 N–H and O–H groups in total. The number of thiazole rings is 1. The summed E-state index contributed by atoms with van der Waals surface area (Å²) in [4.78, 5) is 16.3. The van der Waals surface area contributed by atoms with E-state index < -0.39 is 0 Å². The van der Waals surface area contributed by atoms with Crippen LogP contribution in [0.3, 0.4) is 0 Å². The Labute approximate surface area is 128 Å². The van der Waals surface area contributed by atoms with Crippen molar-refractivity contribution >= 4 is 23.0 Å². The van der Waals surface area contributed by atoms with Crippen molar-refractivity contribution < 1.29 is 4.79 Å². The van der Waals surface area contributed by atoms with E-state index in [2.05, 4.69) is 22.4 Å². The lowest BCUT2D eigenvalue weighted by atomic mass is 10.2. The van der Waals surface area contributed by atoms with Gasteiger partial charge in [0.05, 0.1) is 12.1 Å². The van der Waals surface area contributed by atoms with Crippen LogP contribution in [-0.2, 0) is 11.2 Å². The Bertz CT molecular complexity index is 619. The predicted octanol–water partition coefficient (Wildman–Crippen LogP) is 3.64. The van der Waals surface area contributed by atoms with Gasteiger partial charge in [0.15, 0.2) is 0 Å². The van der Waals surface area contributed by atoms with Crippen LogP contribution in [0.5, 0.6) is 0 Å². The molecule has 0 aliphatic rings. The van der Waals surface area contributed by atoms with Crippen LogP contribution >= 0.6 is 11.3 Å². The van der Waals surface area contributed by atoms with Crippen molar-refractivity contribution in [2.45, 2.75) is 33.1 Å². The van der Waals surface area contributed by atoms with E-state index in [0.29, 0.717) is 0 Å². The zero-order valence-corrected chi connectivity index (χ0v) is 13.1. The smallest absolute Gasteiger partial charge is 0.246 e. The normalized spacial score (nSPS) is 11.4. The van der Waals surface area contributed by atoms with Gasteiger partial charge < -0.3 is 0 Å². The molecule has 21 heavy (non-hydrogen) atoms. The molecule has 5 heteroatoms. The van der Waals surface area contributed by atoms with Gasteiger partial charge in [0.25, 0.3) is 0 Å². The lowest BCUT2D eigenvalue weighted by Crippen LogP contribution is -2.20. The molecule has 0 unspecified atom stereocenters. The van der Waals surface area contributed by atoms with Crippen molar-refractivity contribution in [1.82, 2.24) is 10.4 Å². The van der Waals surface area contributed by atoms with Crippen molar-refractivity contribution in [3.8, 4) is 11.3 Å². The van der Waals surface area contributed by atoms with Gasteiger partial charge in [-0.25, -0.2) is 10.4 Å². The van der Waals surface area contributed by atoms with Gasteiger partial charge in [-0.15, -0.1) is 11.3 Å². The van der Waals surface area contributed by atoms with Crippen molar-refractivity contribution in [3.05, 3.63) is 40.7 Å². The number of hydrogen-bond acceptors (Lipinski definition) is 4. The molecule has 4 nitrogen and oxygen atoms in total. The van der Waals surface area contributed by atoms with Gasteiger partial charge in [-0.05, 0) is 13.3 Å². The first kappa shape index (κ1) is 15.4. The highest BCUT2D eigenvalue weighted by atomic mass is 32.1. The highest BCUT2D eigenvalue weighted by Gasteiger charge is 2.08. The summed E-state index contributed by atoms with van der Waals surface area (Å²) in [7, 11) is 0. The summed E-state index contributed by atoms with van der Waals surface area (Å²) in [5.74, 6) is -0.126. The molecule has 1 amide bonds. The highest BCUT2D eigenvalue weighted by Crippen LogP contribution is 2.21. The zero-order chi connectivity index (χ0) is 15.1. The first-order chi connectivity index (χ1) is 10.2. The third-order valence-corrected chi connectivity index (χ3v) is 3.77. The lowest BCUT2D eigenvalue weighted by Gasteiger charge is -2.00. The van der Waals surface area contributed by atoms with Crippen LogP contribution in [0, 0.1) is 0 Å². The van der Waals surface area contributed by atoms with Crippen LogP contribution in [0.25, 0.3) is 11.3 Å². The molecule has 0 radical (unpaired) electrons. The number of amides is 1. The van der Waals surface area contributed by atoms with Gasteiger partial charge in [-0.3, -0.25) is 4.79 Å². The summed E-state index contributed by atoms with van der Waals surface area (Å²) in [5.41, 5.74) is 5.50. The number of carbonyl (C=O) groups excluding carboxylic acids is 1. The van der Waals surface area contributed by atoms with Gasteiger partial charge in [0.1, 0.15) is 5.01 Å². The maximum absolute atomic E-state index is 11.8. The molecule has 2 rings (SSSR count). The second-order valence-corrected chi connectivity index (χ2v) is 5.74. The van der Waals surface area contributed by atoms with Crippen LogP contribution in [0.1, 0.15) is 31.7 Å². The topological polar surface area (TPSA) is 54.4 Å². The van der Waals surface area contributed by atoms with Crippen LogP contribution in [0.2, 0.25) is 0 Å². The number of hydrogen-bond donors (Lipinski definition) is 1. The minimum absolute atomic E-state index is 0.126. The van der Waals surface area contributed by atoms with Gasteiger partial charge in [-0.1, -0.05) is 43.7 Å².